The molecule has 0 spiro atoms. The monoisotopic (exact) mass is 362 g/mol. The van der Waals surface area contributed by atoms with Gasteiger partial charge in [0.1, 0.15) is 0 Å². The van der Waals surface area contributed by atoms with Gasteiger partial charge in [-0.15, -0.1) is 11.8 Å². The average molecular weight is 363 g/mol. The summed E-state index contributed by atoms with van der Waals surface area (Å²) in [5, 5.41) is 3.60. The van der Waals surface area contributed by atoms with Crippen LogP contribution in [0.3, 0.4) is 0 Å². The predicted molar refractivity (Wildman–Crippen MR) is 100 cm³/mol. The molecule has 24 heavy (non-hydrogen) atoms. The maximum Gasteiger partial charge on any atom is 0.234 e. The zero-order valence-corrected chi connectivity index (χ0v) is 14.8. The van der Waals surface area contributed by atoms with Crippen LogP contribution >= 0.6 is 23.4 Å². The van der Waals surface area contributed by atoms with Crippen molar-refractivity contribution in [3.8, 4) is 0 Å². The number of anilines is 2. The van der Waals surface area contributed by atoms with Crippen LogP contribution in [0.4, 0.5) is 11.4 Å². The first-order chi connectivity index (χ1) is 11.7. The lowest BCUT2D eigenvalue weighted by atomic mass is 10.2. The highest BCUT2D eigenvalue weighted by Gasteiger charge is 2.11. The van der Waals surface area contributed by atoms with Gasteiger partial charge in [-0.05, 0) is 42.5 Å². The SMILES string of the molecule is O=C(CSc1cccc(Cl)c1)Nc1ccc(N2CCOCC2)cc1. The topological polar surface area (TPSA) is 41.6 Å². The maximum absolute atomic E-state index is 12.1. The molecule has 0 aliphatic carbocycles. The van der Waals surface area contributed by atoms with Crippen molar-refractivity contribution in [2.75, 3.05) is 42.3 Å². The van der Waals surface area contributed by atoms with Crippen LogP contribution in [0.2, 0.25) is 5.02 Å². The van der Waals surface area contributed by atoms with Crippen molar-refractivity contribution in [3.05, 3.63) is 53.6 Å². The van der Waals surface area contributed by atoms with Crippen molar-refractivity contribution in [2.45, 2.75) is 4.90 Å². The summed E-state index contributed by atoms with van der Waals surface area (Å²) in [6.45, 7) is 3.34. The second kappa shape index (κ2) is 8.42. The molecule has 3 rings (SSSR count). The van der Waals surface area contributed by atoms with Crippen LogP contribution < -0.4 is 10.2 Å². The van der Waals surface area contributed by atoms with Crippen LogP contribution in [0.5, 0.6) is 0 Å². The molecule has 1 aliphatic heterocycles. The van der Waals surface area contributed by atoms with E-state index in [1.165, 1.54) is 11.8 Å². The molecule has 1 N–H and O–H groups in total. The molecular formula is C18H19ClN2O2S. The van der Waals surface area contributed by atoms with E-state index in [2.05, 4.69) is 10.2 Å². The Bertz CT molecular complexity index is 688. The largest absolute Gasteiger partial charge is 0.378 e. The molecule has 1 heterocycles. The van der Waals surface area contributed by atoms with Gasteiger partial charge in [-0.2, -0.15) is 0 Å². The molecule has 1 aliphatic rings. The second-order valence-corrected chi connectivity index (χ2v) is 6.93. The maximum atomic E-state index is 12.1. The van der Waals surface area contributed by atoms with Gasteiger partial charge in [-0.3, -0.25) is 4.79 Å². The Kier molecular flexibility index (Phi) is 6.01. The van der Waals surface area contributed by atoms with E-state index in [9.17, 15) is 4.79 Å². The van der Waals surface area contributed by atoms with Crippen LogP contribution in [0, 0.1) is 0 Å². The van der Waals surface area contributed by atoms with Crippen molar-refractivity contribution < 1.29 is 9.53 Å². The normalized spacial score (nSPS) is 14.5. The van der Waals surface area contributed by atoms with E-state index in [1.54, 1.807) is 0 Å². The Morgan fingerprint density at radius 2 is 1.92 bits per heavy atom. The van der Waals surface area contributed by atoms with Gasteiger partial charge < -0.3 is 15.0 Å². The zero-order chi connectivity index (χ0) is 16.8. The quantitative estimate of drug-likeness (QED) is 0.819. The number of ether oxygens (including phenoxy) is 1. The fraction of sp³-hybridized carbons (Fsp3) is 0.278. The fourth-order valence-electron chi connectivity index (χ4n) is 2.48. The van der Waals surface area contributed by atoms with Crippen molar-refractivity contribution in [3.63, 3.8) is 0 Å². The Labute approximate surface area is 151 Å². The molecule has 1 saturated heterocycles. The van der Waals surface area contributed by atoms with Crippen LogP contribution in [-0.4, -0.2) is 38.0 Å². The first-order valence-electron chi connectivity index (χ1n) is 7.82. The molecule has 1 amide bonds. The first-order valence-corrected chi connectivity index (χ1v) is 9.18. The standard InChI is InChI=1S/C18H19ClN2O2S/c19-14-2-1-3-17(12-14)24-13-18(22)20-15-4-6-16(7-5-15)21-8-10-23-11-9-21/h1-7,12H,8-11,13H2,(H,20,22). The molecule has 0 radical (unpaired) electrons. The summed E-state index contributed by atoms with van der Waals surface area (Å²) in [5.74, 6) is 0.324. The van der Waals surface area contributed by atoms with E-state index >= 15 is 0 Å². The number of amides is 1. The fourth-order valence-corrected chi connectivity index (χ4v) is 3.49. The Morgan fingerprint density at radius 3 is 2.62 bits per heavy atom. The van der Waals surface area contributed by atoms with Gasteiger partial charge in [0.25, 0.3) is 0 Å². The lowest BCUT2D eigenvalue weighted by molar-refractivity contribution is -0.113. The van der Waals surface area contributed by atoms with Gasteiger partial charge in [0, 0.05) is 34.4 Å². The summed E-state index contributed by atoms with van der Waals surface area (Å²) in [4.78, 5) is 15.3. The Morgan fingerprint density at radius 1 is 1.17 bits per heavy atom. The first kappa shape index (κ1) is 17.1. The van der Waals surface area contributed by atoms with Crippen molar-refractivity contribution in [2.24, 2.45) is 0 Å². The number of benzene rings is 2. The minimum Gasteiger partial charge on any atom is -0.378 e. The molecule has 0 aromatic heterocycles. The number of rotatable bonds is 5. The summed E-state index contributed by atoms with van der Waals surface area (Å²) in [6.07, 6.45) is 0. The van der Waals surface area contributed by atoms with Crippen LogP contribution in [0.25, 0.3) is 0 Å². The van der Waals surface area contributed by atoms with Crippen LogP contribution in [0.15, 0.2) is 53.4 Å². The molecular weight excluding hydrogens is 344 g/mol. The highest BCUT2D eigenvalue weighted by molar-refractivity contribution is 8.00. The number of carbonyl (C=O) groups is 1. The third kappa shape index (κ3) is 4.90. The van der Waals surface area contributed by atoms with E-state index < -0.39 is 0 Å². The Balaban J connectivity index is 1.50. The Hall–Kier alpha value is -1.69. The third-order valence-electron chi connectivity index (χ3n) is 3.69. The van der Waals surface area contributed by atoms with Gasteiger partial charge >= 0.3 is 0 Å². The van der Waals surface area contributed by atoms with Crippen LogP contribution in [-0.2, 0) is 9.53 Å². The molecule has 1 fully saturated rings. The molecule has 2 aromatic rings. The number of morpholine rings is 1. The molecule has 0 atom stereocenters. The number of hydrogen-bond acceptors (Lipinski definition) is 4. The lowest BCUT2D eigenvalue weighted by Crippen LogP contribution is -2.36. The van der Waals surface area contributed by atoms with Crippen molar-refractivity contribution in [1.29, 1.82) is 0 Å². The minimum atomic E-state index is -0.0286. The van der Waals surface area contributed by atoms with E-state index in [4.69, 9.17) is 16.3 Å². The van der Waals surface area contributed by atoms with Gasteiger partial charge in [0.05, 0.1) is 19.0 Å². The third-order valence-corrected chi connectivity index (χ3v) is 4.92. The molecule has 0 unspecified atom stereocenters. The van der Waals surface area contributed by atoms with Crippen molar-refractivity contribution >= 4 is 40.6 Å². The molecule has 126 valence electrons. The van der Waals surface area contributed by atoms with E-state index in [0.717, 1.165) is 42.6 Å². The van der Waals surface area contributed by atoms with Gasteiger partial charge in [-0.1, -0.05) is 17.7 Å². The second-order valence-electron chi connectivity index (χ2n) is 5.44. The number of hydrogen-bond donors (Lipinski definition) is 1. The van der Waals surface area contributed by atoms with Gasteiger partial charge in [-0.25, -0.2) is 0 Å². The smallest absolute Gasteiger partial charge is 0.234 e. The van der Waals surface area contributed by atoms with E-state index in [1.807, 2.05) is 48.5 Å². The van der Waals surface area contributed by atoms with Gasteiger partial charge in [0.2, 0.25) is 5.91 Å². The highest BCUT2D eigenvalue weighted by atomic mass is 35.5. The predicted octanol–water partition coefficient (Wildman–Crippen LogP) is 3.91. The molecule has 0 saturated carbocycles. The van der Waals surface area contributed by atoms with E-state index in [-0.39, 0.29) is 5.91 Å². The number of halogens is 1. The summed E-state index contributed by atoms with van der Waals surface area (Å²) in [7, 11) is 0. The summed E-state index contributed by atoms with van der Waals surface area (Å²) < 4.78 is 5.36. The van der Waals surface area contributed by atoms with Crippen molar-refractivity contribution in [1.82, 2.24) is 0 Å². The zero-order valence-electron chi connectivity index (χ0n) is 13.2. The average Bonchev–Trinajstić information content (AvgIpc) is 2.61. The summed E-state index contributed by atoms with van der Waals surface area (Å²) in [5.41, 5.74) is 1.97. The number of nitrogens with one attached hydrogen (secondary N) is 1. The molecule has 2 aromatic carbocycles. The molecule has 0 bridgehead atoms. The number of thioether (sulfide) groups is 1. The number of nitrogens with zero attached hydrogens (tertiary/aromatic N) is 1. The van der Waals surface area contributed by atoms with E-state index in [0.29, 0.717) is 10.8 Å². The highest BCUT2D eigenvalue weighted by Crippen LogP contribution is 2.22. The molecule has 4 nitrogen and oxygen atoms in total. The summed E-state index contributed by atoms with van der Waals surface area (Å²) in [6, 6.07) is 15.4. The molecule has 6 heteroatoms. The van der Waals surface area contributed by atoms with Crippen LogP contribution in [0.1, 0.15) is 0 Å². The minimum absolute atomic E-state index is 0.0286. The number of carbonyl (C=O) groups excluding carboxylic acids is 1. The van der Waals surface area contributed by atoms with Gasteiger partial charge in [0.15, 0.2) is 0 Å². The summed E-state index contributed by atoms with van der Waals surface area (Å²) >= 11 is 7.41. The lowest BCUT2D eigenvalue weighted by Gasteiger charge is -2.28.